The Kier molecular flexibility index (Phi) is 6.30. The van der Waals surface area contributed by atoms with Crippen LogP contribution in [0.2, 0.25) is 10.3 Å². The van der Waals surface area contributed by atoms with Crippen LogP contribution in [0.25, 0.3) is 11.0 Å². The van der Waals surface area contributed by atoms with Crippen molar-refractivity contribution < 1.29 is 33.3 Å². The number of halogens is 2. The smallest absolute Gasteiger partial charge is 0.303 e. The van der Waals surface area contributed by atoms with Crippen LogP contribution in [0, 0.1) is 0 Å². The summed E-state index contributed by atoms with van der Waals surface area (Å²) in [4.78, 5) is 39.2. The molecule has 1 saturated heterocycles. The van der Waals surface area contributed by atoms with Gasteiger partial charge in [0.15, 0.2) is 24.5 Å². The number of carbonyl (C=O) groups is 3. The van der Waals surface area contributed by atoms with Crippen molar-refractivity contribution in [3.05, 3.63) is 28.5 Å². The molecule has 1 aromatic carbocycles. The Morgan fingerprint density at radius 2 is 1.66 bits per heavy atom. The summed E-state index contributed by atoms with van der Waals surface area (Å²) in [6.45, 7) is 3.47. The number of hydrogen-bond acceptors (Lipinski definition) is 8. The number of aromatic nitrogens is 2. The van der Waals surface area contributed by atoms with Gasteiger partial charge in [-0.2, -0.15) is 0 Å². The van der Waals surface area contributed by atoms with Gasteiger partial charge in [0.05, 0.1) is 17.1 Å². The minimum Gasteiger partial charge on any atom is -0.456 e. The van der Waals surface area contributed by atoms with Crippen molar-refractivity contribution in [3.63, 3.8) is 0 Å². The van der Waals surface area contributed by atoms with E-state index < -0.39 is 42.4 Å². The van der Waals surface area contributed by atoms with Gasteiger partial charge in [0, 0.05) is 20.8 Å². The number of benzene rings is 1. The number of imidazole rings is 1. The first-order chi connectivity index (χ1) is 13.7. The quantitative estimate of drug-likeness (QED) is 0.523. The average molecular weight is 445 g/mol. The second-order valence-corrected chi connectivity index (χ2v) is 7.12. The zero-order valence-corrected chi connectivity index (χ0v) is 17.3. The monoisotopic (exact) mass is 444 g/mol. The van der Waals surface area contributed by atoms with E-state index in [2.05, 4.69) is 4.98 Å². The molecule has 1 aliphatic rings. The molecule has 29 heavy (non-hydrogen) atoms. The lowest BCUT2D eigenvalue weighted by Gasteiger charge is -2.41. The number of hydrogen-bond donors (Lipinski definition) is 0. The highest BCUT2D eigenvalue weighted by Gasteiger charge is 2.48. The van der Waals surface area contributed by atoms with Crippen LogP contribution in [-0.4, -0.2) is 52.4 Å². The van der Waals surface area contributed by atoms with Crippen LogP contribution >= 0.6 is 23.2 Å². The summed E-state index contributed by atoms with van der Waals surface area (Å²) in [5.41, 5.74) is 0.952. The zero-order chi connectivity index (χ0) is 21.3. The van der Waals surface area contributed by atoms with E-state index >= 15 is 0 Å². The van der Waals surface area contributed by atoms with Crippen LogP contribution < -0.4 is 0 Å². The van der Waals surface area contributed by atoms with Gasteiger partial charge in [-0.05, 0) is 23.7 Å². The molecule has 0 amide bonds. The third-order valence-corrected chi connectivity index (χ3v) is 4.78. The van der Waals surface area contributed by atoms with Crippen LogP contribution in [0.1, 0.15) is 27.0 Å². The molecule has 0 N–H and O–H groups in total. The summed E-state index contributed by atoms with van der Waals surface area (Å²) in [6.07, 6.45) is -4.27. The van der Waals surface area contributed by atoms with E-state index in [1.807, 2.05) is 0 Å². The lowest BCUT2D eigenvalue weighted by atomic mass is 10.0. The molecule has 11 heteroatoms. The van der Waals surface area contributed by atoms with Crippen molar-refractivity contribution in [1.82, 2.24) is 9.55 Å². The molecule has 156 valence electrons. The van der Waals surface area contributed by atoms with Crippen LogP contribution in [0.4, 0.5) is 0 Å². The second-order valence-electron chi connectivity index (χ2n) is 6.38. The summed E-state index contributed by atoms with van der Waals surface area (Å²) in [5, 5.41) is 0.403. The van der Waals surface area contributed by atoms with E-state index in [9.17, 15) is 14.4 Å². The van der Waals surface area contributed by atoms with Crippen molar-refractivity contribution in [2.75, 3.05) is 6.61 Å². The second kappa shape index (κ2) is 8.56. The number of fused-ring (bicyclic) bond motifs is 1. The maximum Gasteiger partial charge on any atom is 0.303 e. The molecule has 2 aromatic rings. The summed E-state index contributed by atoms with van der Waals surface area (Å²) in [7, 11) is 0. The predicted molar refractivity (Wildman–Crippen MR) is 101 cm³/mol. The van der Waals surface area contributed by atoms with E-state index in [-0.39, 0.29) is 11.9 Å². The summed E-state index contributed by atoms with van der Waals surface area (Å²) in [5.74, 6) is -1.90. The molecule has 0 bridgehead atoms. The van der Waals surface area contributed by atoms with Gasteiger partial charge in [-0.15, -0.1) is 0 Å². The first kappa shape index (κ1) is 21.4. The summed E-state index contributed by atoms with van der Waals surface area (Å²) in [6, 6.07) is 5.07. The molecular formula is C18H18Cl2N2O7. The molecule has 0 aliphatic carbocycles. The van der Waals surface area contributed by atoms with Crippen molar-refractivity contribution >= 4 is 52.1 Å². The Bertz CT molecular complexity index is 961. The molecule has 0 spiro atoms. The molecule has 1 aliphatic heterocycles. The van der Waals surface area contributed by atoms with Crippen molar-refractivity contribution in [1.29, 1.82) is 0 Å². The zero-order valence-electron chi connectivity index (χ0n) is 15.8. The molecule has 0 unspecified atom stereocenters. The maximum absolute atomic E-state index is 11.8. The Morgan fingerprint density at radius 3 is 2.28 bits per heavy atom. The number of para-hydroxylation sites is 1. The Balaban J connectivity index is 2.09. The number of rotatable bonds is 4. The largest absolute Gasteiger partial charge is 0.456 e. The molecular weight excluding hydrogens is 427 g/mol. The molecule has 1 aromatic heterocycles. The molecule has 9 nitrogen and oxygen atoms in total. The molecule has 2 heterocycles. The highest BCUT2D eigenvalue weighted by atomic mass is 35.5. The van der Waals surface area contributed by atoms with Crippen LogP contribution in [0.5, 0.6) is 0 Å². The van der Waals surface area contributed by atoms with Crippen molar-refractivity contribution in [2.45, 2.75) is 45.3 Å². The molecule has 0 saturated carbocycles. The first-order valence-corrected chi connectivity index (χ1v) is 9.40. The van der Waals surface area contributed by atoms with Crippen molar-refractivity contribution in [3.8, 4) is 0 Å². The number of carbonyl (C=O) groups excluding carboxylic acids is 3. The third kappa shape index (κ3) is 4.47. The fourth-order valence-electron chi connectivity index (χ4n) is 3.24. The van der Waals surface area contributed by atoms with E-state index in [0.29, 0.717) is 16.1 Å². The third-order valence-electron chi connectivity index (χ3n) is 4.21. The average Bonchev–Trinajstić information content (AvgIpc) is 2.94. The fourth-order valence-corrected chi connectivity index (χ4v) is 3.72. The highest BCUT2D eigenvalue weighted by molar-refractivity contribution is 6.35. The van der Waals surface area contributed by atoms with Gasteiger partial charge < -0.3 is 18.9 Å². The lowest BCUT2D eigenvalue weighted by molar-refractivity contribution is -0.239. The normalized spacial score (nSPS) is 24.2. The SMILES string of the molecule is CC(=O)O[C@@H]1[C@H](OC(C)=O)[C@@H](n2c(Cl)nc3c(Cl)cccc32)OC[C@@H]1OC(C)=O. The van der Waals surface area contributed by atoms with Crippen LogP contribution in [-0.2, 0) is 33.3 Å². The van der Waals surface area contributed by atoms with Gasteiger partial charge in [-0.1, -0.05) is 17.7 Å². The Labute approximate surface area is 175 Å². The van der Waals surface area contributed by atoms with Crippen molar-refractivity contribution in [2.24, 2.45) is 0 Å². The highest BCUT2D eigenvalue weighted by Crippen LogP contribution is 2.36. The van der Waals surface area contributed by atoms with E-state index in [1.54, 1.807) is 18.2 Å². The predicted octanol–water partition coefficient (Wildman–Crippen LogP) is 2.67. The number of nitrogens with zero attached hydrogens (tertiary/aromatic N) is 2. The lowest BCUT2D eigenvalue weighted by Crippen LogP contribution is -2.55. The van der Waals surface area contributed by atoms with Gasteiger partial charge in [0.2, 0.25) is 5.28 Å². The summed E-state index contributed by atoms with van der Waals surface area (Å²) >= 11 is 12.5. The van der Waals surface area contributed by atoms with Gasteiger partial charge in [0.25, 0.3) is 0 Å². The standard InChI is InChI=1S/C18H18Cl2N2O7/c1-8(23)27-13-7-26-17(16(29-10(3)25)15(13)28-9(2)24)22-12-6-4-5-11(19)14(12)21-18(22)20/h4-6,13,15-17H,7H2,1-3H3/t13-,15-,16-,17-/m0/s1. The number of esters is 3. The molecule has 1 fully saturated rings. The molecule has 4 atom stereocenters. The molecule has 0 radical (unpaired) electrons. The first-order valence-electron chi connectivity index (χ1n) is 8.64. The topological polar surface area (TPSA) is 106 Å². The summed E-state index contributed by atoms with van der Waals surface area (Å²) < 4.78 is 23.3. The number of ether oxygens (including phenoxy) is 4. The minimum atomic E-state index is -1.16. The van der Waals surface area contributed by atoms with Gasteiger partial charge in [0.1, 0.15) is 5.52 Å². The van der Waals surface area contributed by atoms with Gasteiger partial charge >= 0.3 is 17.9 Å². The van der Waals surface area contributed by atoms with Crippen LogP contribution in [0.15, 0.2) is 18.2 Å². The van der Waals surface area contributed by atoms with E-state index in [1.165, 1.54) is 25.3 Å². The maximum atomic E-state index is 11.8. The van der Waals surface area contributed by atoms with Gasteiger partial charge in [-0.25, -0.2) is 4.98 Å². The molecule has 3 rings (SSSR count). The van der Waals surface area contributed by atoms with E-state index in [0.717, 1.165) is 0 Å². The van der Waals surface area contributed by atoms with E-state index in [4.69, 9.17) is 42.1 Å². The van der Waals surface area contributed by atoms with Gasteiger partial charge in [-0.3, -0.25) is 19.0 Å². The Morgan fingerprint density at radius 1 is 1.03 bits per heavy atom. The Hall–Kier alpha value is -2.36. The fraction of sp³-hybridized carbons (Fsp3) is 0.444. The van der Waals surface area contributed by atoms with Crippen LogP contribution in [0.3, 0.4) is 0 Å². The minimum absolute atomic E-state index is 0.0303.